The summed E-state index contributed by atoms with van der Waals surface area (Å²) >= 11 is 0. The van der Waals surface area contributed by atoms with Crippen LogP contribution >= 0.6 is 0 Å². The van der Waals surface area contributed by atoms with Crippen molar-refractivity contribution in [2.24, 2.45) is 5.41 Å². The zero-order chi connectivity index (χ0) is 11.0. The molecule has 1 saturated heterocycles. The Kier molecular flexibility index (Phi) is 3.23. The van der Waals surface area contributed by atoms with Crippen LogP contribution in [0.4, 0.5) is 0 Å². The molecule has 0 bridgehead atoms. The maximum absolute atomic E-state index is 11.8. The number of hydrogen-bond acceptors (Lipinski definition) is 3. The van der Waals surface area contributed by atoms with Gasteiger partial charge in [0.15, 0.2) is 0 Å². The van der Waals surface area contributed by atoms with E-state index < -0.39 is 16.1 Å². The van der Waals surface area contributed by atoms with Gasteiger partial charge in [0, 0.05) is 13.1 Å². The lowest BCUT2D eigenvalue weighted by molar-refractivity contribution is 0.189. The number of sulfonamides is 1. The van der Waals surface area contributed by atoms with Gasteiger partial charge in [0.25, 0.3) is 0 Å². The van der Waals surface area contributed by atoms with Crippen molar-refractivity contribution >= 4 is 10.0 Å². The monoisotopic (exact) mass is 221 g/mol. The van der Waals surface area contributed by atoms with E-state index in [1.54, 1.807) is 0 Å². The summed E-state index contributed by atoms with van der Waals surface area (Å²) in [6, 6.07) is 0. The van der Waals surface area contributed by atoms with Crippen LogP contribution in [-0.4, -0.2) is 42.8 Å². The molecule has 1 atom stereocenters. The van der Waals surface area contributed by atoms with Gasteiger partial charge in [-0.3, -0.25) is 0 Å². The highest BCUT2D eigenvalue weighted by atomic mass is 32.2. The summed E-state index contributed by atoms with van der Waals surface area (Å²) in [5.74, 6) is 0.146. The maximum Gasteiger partial charge on any atom is 0.214 e. The van der Waals surface area contributed by atoms with Crippen LogP contribution in [0.5, 0.6) is 0 Å². The Morgan fingerprint density at radius 3 is 2.36 bits per heavy atom. The van der Waals surface area contributed by atoms with E-state index >= 15 is 0 Å². The van der Waals surface area contributed by atoms with Crippen LogP contribution in [0, 0.1) is 5.41 Å². The fraction of sp³-hybridized carbons (Fsp3) is 1.00. The highest BCUT2D eigenvalue weighted by Gasteiger charge is 2.33. The molecule has 1 aliphatic heterocycles. The molecule has 1 heterocycles. The summed E-state index contributed by atoms with van der Waals surface area (Å²) in [6.45, 7) is 6.42. The first-order chi connectivity index (χ1) is 6.21. The van der Waals surface area contributed by atoms with Crippen LogP contribution in [0.25, 0.3) is 0 Å². The fourth-order valence-electron chi connectivity index (χ4n) is 1.60. The van der Waals surface area contributed by atoms with Gasteiger partial charge in [0.05, 0.1) is 11.9 Å². The van der Waals surface area contributed by atoms with Gasteiger partial charge >= 0.3 is 0 Å². The molecule has 0 spiro atoms. The molecule has 1 aliphatic rings. The number of rotatable bonds is 2. The molecule has 0 aliphatic carbocycles. The van der Waals surface area contributed by atoms with Gasteiger partial charge in [0.2, 0.25) is 10.0 Å². The molecule has 0 saturated carbocycles. The number of aliphatic hydroxyl groups excluding tert-OH is 1. The van der Waals surface area contributed by atoms with Crippen molar-refractivity contribution in [2.75, 3.05) is 18.8 Å². The summed E-state index contributed by atoms with van der Waals surface area (Å²) in [7, 11) is -3.18. The molecule has 4 nitrogen and oxygen atoms in total. The number of nitrogens with zero attached hydrogens (tertiary/aromatic N) is 1. The van der Waals surface area contributed by atoms with Gasteiger partial charge in [-0.1, -0.05) is 20.8 Å². The molecular weight excluding hydrogens is 202 g/mol. The van der Waals surface area contributed by atoms with Crippen LogP contribution in [-0.2, 0) is 10.0 Å². The molecule has 0 amide bonds. The minimum Gasteiger partial charge on any atom is -0.392 e. The normalized spacial score (nSPS) is 25.6. The van der Waals surface area contributed by atoms with E-state index in [1.165, 1.54) is 4.31 Å². The lowest BCUT2D eigenvalue weighted by Gasteiger charge is -2.23. The Morgan fingerprint density at radius 1 is 1.43 bits per heavy atom. The second kappa shape index (κ2) is 3.79. The van der Waals surface area contributed by atoms with Gasteiger partial charge in [-0.15, -0.1) is 0 Å². The fourth-order valence-corrected chi connectivity index (χ4v) is 3.66. The first-order valence-electron chi connectivity index (χ1n) is 4.87. The summed E-state index contributed by atoms with van der Waals surface area (Å²) in [6.07, 6.45) is 0.0772. The number of β-amino-alcohol motifs (C(OH)–C–C–N with tert-alkyl or cyclic N) is 1. The van der Waals surface area contributed by atoms with E-state index in [-0.39, 0.29) is 17.7 Å². The average Bonchev–Trinajstić information content (AvgIpc) is 2.29. The van der Waals surface area contributed by atoms with Gasteiger partial charge in [-0.2, -0.15) is 4.31 Å². The van der Waals surface area contributed by atoms with Crippen LogP contribution < -0.4 is 0 Å². The Balaban J connectivity index is 2.67. The van der Waals surface area contributed by atoms with Crippen LogP contribution in [0.2, 0.25) is 0 Å². The molecule has 1 unspecified atom stereocenters. The predicted octanol–water partition coefficient (Wildman–Crippen LogP) is 0.429. The zero-order valence-electron chi connectivity index (χ0n) is 9.02. The third kappa shape index (κ3) is 3.22. The summed E-state index contributed by atoms with van der Waals surface area (Å²) in [5.41, 5.74) is -0.230. The SMILES string of the molecule is CC(C)(C)CS(=O)(=O)N1CCC(O)C1. The highest BCUT2D eigenvalue weighted by Crippen LogP contribution is 2.21. The van der Waals surface area contributed by atoms with Gasteiger partial charge in [-0.05, 0) is 11.8 Å². The lowest BCUT2D eigenvalue weighted by atomic mass is 10.0. The zero-order valence-corrected chi connectivity index (χ0v) is 9.84. The summed E-state index contributed by atoms with van der Waals surface area (Å²) in [4.78, 5) is 0. The largest absolute Gasteiger partial charge is 0.392 e. The van der Waals surface area contributed by atoms with Crippen molar-refractivity contribution in [2.45, 2.75) is 33.3 Å². The molecule has 0 aromatic heterocycles. The average molecular weight is 221 g/mol. The maximum atomic E-state index is 11.8. The second-order valence-corrected chi connectivity index (χ2v) is 7.09. The lowest BCUT2D eigenvalue weighted by Crippen LogP contribution is -2.35. The van der Waals surface area contributed by atoms with Crippen molar-refractivity contribution in [3.05, 3.63) is 0 Å². The van der Waals surface area contributed by atoms with Crippen LogP contribution in [0.15, 0.2) is 0 Å². The van der Waals surface area contributed by atoms with Crippen LogP contribution in [0.3, 0.4) is 0 Å². The van der Waals surface area contributed by atoms with Gasteiger partial charge < -0.3 is 5.11 Å². The quantitative estimate of drug-likeness (QED) is 0.735. The third-order valence-corrected chi connectivity index (χ3v) is 4.48. The first kappa shape index (κ1) is 11.9. The topological polar surface area (TPSA) is 57.6 Å². The minimum atomic E-state index is -3.18. The smallest absolute Gasteiger partial charge is 0.214 e. The molecule has 5 heteroatoms. The highest BCUT2D eigenvalue weighted by molar-refractivity contribution is 7.89. The number of hydrogen-bond donors (Lipinski definition) is 1. The molecule has 84 valence electrons. The van der Waals surface area contributed by atoms with Crippen molar-refractivity contribution in [1.29, 1.82) is 0 Å². The Labute approximate surface area is 86.0 Å². The van der Waals surface area contributed by atoms with Crippen molar-refractivity contribution < 1.29 is 13.5 Å². The summed E-state index contributed by atoms with van der Waals surface area (Å²) < 4.78 is 25.0. The molecular formula is C9H19NO3S. The number of aliphatic hydroxyl groups is 1. The Morgan fingerprint density at radius 2 is 2.00 bits per heavy atom. The molecule has 14 heavy (non-hydrogen) atoms. The molecule has 0 aromatic rings. The molecule has 0 radical (unpaired) electrons. The molecule has 1 N–H and O–H groups in total. The van der Waals surface area contributed by atoms with E-state index in [2.05, 4.69) is 0 Å². The Hall–Kier alpha value is -0.130. The van der Waals surface area contributed by atoms with E-state index in [9.17, 15) is 13.5 Å². The summed E-state index contributed by atoms with van der Waals surface area (Å²) in [5, 5.41) is 9.26. The van der Waals surface area contributed by atoms with Crippen molar-refractivity contribution in [3.8, 4) is 0 Å². The van der Waals surface area contributed by atoms with E-state index in [1.807, 2.05) is 20.8 Å². The molecule has 0 aromatic carbocycles. The Bertz CT molecular complexity index is 292. The molecule has 1 rings (SSSR count). The minimum absolute atomic E-state index is 0.146. The van der Waals surface area contributed by atoms with E-state index in [0.717, 1.165) is 0 Å². The second-order valence-electron chi connectivity index (χ2n) is 5.12. The third-order valence-electron chi connectivity index (χ3n) is 2.13. The van der Waals surface area contributed by atoms with E-state index in [0.29, 0.717) is 13.0 Å². The van der Waals surface area contributed by atoms with E-state index in [4.69, 9.17) is 0 Å². The van der Waals surface area contributed by atoms with Gasteiger partial charge in [0.1, 0.15) is 0 Å². The predicted molar refractivity (Wildman–Crippen MR) is 55.4 cm³/mol. The van der Waals surface area contributed by atoms with Crippen molar-refractivity contribution in [3.63, 3.8) is 0 Å². The first-order valence-corrected chi connectivity index (χ1v) is 6.47. The van der Waals surface area contributed by atoms with Crippen molar-refractivity contribution in [1.82, 2.24) is 4.31 Å². The van der Waals surface area contributed by atoms with Gasteiger partial charge in [-0.25, -0.2) is 8.42 Å². The molecule has 1 fully saturated rings. The van der Waals surface area contributed by atoms with Crippen LogP contribution in [0.1, 0.15) is 27.2 Å². The standard InChI is InChI=1S/C9H19NO3S/c1-9(2,3)7-14(12,13)10-5-4-8(11)6-10/h8,11H,4-7H2,1-3H3.